The van der Waals surface area contributed by atoms with Crippen LogP contribution >= 0.6 is 0 Å². The molecule has 0 aliphatic heterocycles. The Morgan fingerprint density at radius 1 is 1.14 bits per heavy atom. The van der Waals surface area contributed by atoms with Gasteiger partial charge in [0.25, 0.3) is 0 Å². The summed E-state index contributed by atoms with van der Waals surface area (Å²) in [7, 11) is 0. The van der Waals surface area contributed by atoms with Crippen molar-refractivity contribution in [1.29, 1.82) is 0 Å². The second-order valence-corrected chi connectivity index (χ2v) is 3.35. The van der Waals surface area contributed by atoms with Gasteiger partial charge in [0, 0.05) is 5.56 Å². The molecule has 0 aliphatic rings. The highest BCUT2D eigenvalue weighted by Gasteiger charge is 2.17. The third kappa shape index (κ3) is 2.90. The molecule has 0 fully saturated rings. The quantitative estimate of drug-likeness (QED) is 0.707. The molecule has 0 saturated heterocycles. The van der Waals surface area contributed by atoms with Gasteiger partial charge in [0.15, 0.2) is 0 Å². The zero-order chi connectivity index (χ0) is 10.4. The molecular formula is C13H16O. The van der Waals surface area contributed by atoms with E-state index in [0.29, 0.717) is 12.8 Å². The van der Waals surface area contributed by atoms with Crippen molar-refractivity contribution in [2.75, 3.05) is 0 Å². The lowest BCUT2D eigenvalue weighted by atomic mass is 9.98. The Labute approximate surface area is 85.8 Å². The minimum Gasteiger partial charge on any atom is -0.378 e. The summed E-state index contributed by atoms with van der Waals surface area (Å²) in [6.07, 6.45) is 1.34. The minimum absolute atomic E-state index is 0.670. The van der Waals surface area contributed by atoms with Gasteiger partial charge < -0.3 is 5.11 Å². The molecule has 0 atom stereocenters. The van der Waals surface area contributed by atoms with Crippen LogP contribution in [0.1, 0.15) is 32.3 Å². The molecule has 1 N–H and O–H groups in total. The molecule has 74 valence electrons. The third-order valence-electron chi connectivity index (χ3n) is 2.38. The maximum atomic E-state index is 9.92. The van der Waals surface area contributed by atoms with Gasteiger partial charge in [0.1, 0.15) is 5.60 Å². The lowest BCUT2D eigenvalue weighted by molar-refractivity contribution is 0.0931. The molecule has 1 heteroatoms. The van der Waals surface area contributed by atoms with Crippen molar-refractivity contribution in [2.45, 2.75) is 32.3 Å². The molecule has 1 aromatic carbocycles. The fraction of sp³-hybridized carbons (Fsp3) is 0.385. The van der Waals surface area contributed by atoms with Crippen LogP contribution in [0.3, 0.4) is 0 Å². The maximum Gasteiger partial charge on any atom is 0.125 e. The van der Waals surface area contributed by atoms with Crippen LogP contribution in [0.4, 0.5) is 0 Å². The molecule has 1 rings (SSSR count). The SMILES string of the molecule is CCC(O)(C#Cc1ccccc1)CC. The second kappa shape index (κ2) is 4.83. The van der Waals surface area contributed by atoms with Crippen LogP contribution in [0.5, 0.6) is 0 Å². The zero-order valence-corrected chi connectivity index (χ0v) is 8.75. The van der Waals surface area contributed by atoms with E-state index in [1.807, 2.05) is 44.2 Å². The van der Waals surface area contributed by atoms with Gasteiger partial charge in [0.2, 0.25) is 0 Å². The summed E-state index contributed by atoms with van der Waals surface area (Å²) >= 11 is 0. The number of benzene rings is 1. The van der Waals surface area contributed by atoms with E-state index in [1.54, 1.807) is 0 Å². The number of rotatable bonds is 2. The molecule has 0 bridgehead atoms. The Balaban J connectivity index is 2.82. The summed E-state index contributed by atoms with van der Waals surface area (Å²) in [6, 6.07) is 9.73. The van der Waals surface area contributed by atoms with Gasteiger partial charge in [-0.2, -0.15) is 0 Å². The first-order valence-electron chi connectivity index (χ1n) is 5.01. The minimum atomic E-state index is -0.824. The summed E-state index contributed by atoms with van der Waals surface area (Å²) in [6.45, 7) is 3.90. The topological polar surface area (TPSA) is 20.2 Å². The van der Waals surface area contributed by atoms with Gasteiger partial charge >= 0.3 is 0 Å². The van der Waals surface area contributed by atoms with E-state index in [2.05, 4.69) is 11.8 Å². The van der Waals surface area contributed by atoms with Gasteiger partial charge in [-0.3, -0.25) is 0 Å². The maximum absolute atomic E-state index is 9.92. The second-order valence-electron chi connectivity index (χ2n) is 3.35. The summed E-state index contributed by atoms with van der Waals surface area (Å²) < 4.78 is 0. The van der Waals surface area contributed by atoms with Crippen molar-refractivity contribution in [1.82, 2.24) is 0 Å². The predicted octanol–water partition coefficient (Wildman–Crippen LogP) is 2.59. The van der Waals surface area contributed by atoms with Crippen molar-refractivity contribution >= 4 is 0 Å². The largest absolute Gasteiger partial charge is 0.378 e. The van der Waals surface area contributed by atoms with Gasteiger partial charge in [-0.15, -0.1) is 0 Å². The highest BCUT2D eigenvalue weighted by molar-refractivity contribution is 5.35. The smallest absolute Gasteiger partial charge is 0.125 e. The monoisotopic (exact) mass is 188 g/mol. The standard InChI is InChI=1S/C13H16O/c1-3-13(14,4-2)11-10-12-8-6-5-7-9-12/h5-9,14H,3-4H2,1-2H3. The molecule has 0 spiro atoms. The Kier molecular flexibility index (Phi) is 3.73. The van der Waals surface area contributed by atoms with Crippen LogP contribution in [0.2, 0.25) is 0 Å². The van der Waals surface area contributed by atoms with E-state index in [1.165, 1.54) is 0 Å². The average Bonchev–Trinajstić information content (AvgIpc) is 2.27. The van der Waals surface area contributed by atoms with Crippen LogP contribution in [0.15, 0.2) is 30.3 Å². The van der Waals surface area contributed by atoms with Crippen LogP contribution in [-0.2, 0) is 0 Å². The van der Waals surface area contributed by atoms with Crippen LogP contribution in [-0.4, -0.2) is 10.7 Å². The molecule has 0 amide bonds. The Morgan fingerprint density at radius 3 is 2.21 bits per heavy atom. The van der Waals surface area contributed by atoms with Gasteiger partial charge in [-0.05, 0) is 25.0 Å². The van der Waals surface area contributed by atoms with E-state index in [9.17, 15) is 5.11 Å². The normalized spacial score (nSPS) is 10.5. The van der Waals surface area contributed by atoms with Gasteiger partial charge in [-0.25, -0.2) is 0 Å². The fourth-order valence-electron chi connectivity index (χ4n) is 1.14. The van der Waals surface area contributed by atoms with Crippen LogP contribution in [0, 0.1) is 11.8 Å². The van der Waals surface area contributed by atoms with Crippen LogP contribution < -0.4 is 0 Å². The highest BCUT2D eigenvalue weighted by atomic mass is 16.3. The first kappa shape index (κ1) is 10.8. The molecule has 1 nitrogen and oxygen atoms in total. The fourth-order valence-corrected chi connectivity index (χ4v) is 1.14. The molecular weight excluding hydrogens is 172 g/mol. The molecule has 0 saturated carbocycles. The molecule has 0 unspecified atom stereocenters. The van der Waals surface area contributed by atoms with E-state index >= 15 is 0 Å². The lowest BCUT2D eigenvalue weighted by Gasteiger charge is -2.16. The van der Waals surface area contributed by atoms with Crippen molar-refractivity contribution in [3.8, 4) is 11.8 Å². The van der Waals surface area contributed by atoms with Crippen LogP contribution in [0.25, 0.3) is 0 Å². The van der Waals surface area contributed by atoms with Crippen molar-refractivity contribution in [3.63, 3.8) is 0 Å². The number of aliphatic hydroxyl groups is 1. The summed E-state index contributed by atoms with van der Waals surface area (Å²) in [5.74, 6) is 5.90. The van der Waals surface area contributed by atoms with Gasteiger partial charge in [-0.1, -0.05) is 43.9 Å². The molecule has 0 aromatic heterocycles. The summed E-state index contributed by atoms with van der Waals surface area (Å²) in [5.41, 5.74) is 0.128. The van der Waals surface area contributed by atoms with Gasteiger partial charge in [0.05, 0.1) is 0 Å². The molecule has 0 aliphatic carbocycles. The Bertz CT molecular complexity index is 325. The highest BCUT2D eigenvalue weighted by Crippen LogP contribution is 2.12. The zero-order valence-electron chi connectivity index (χ0n) is 8.75. The third-order valence-corrected chi connectivity index (χ3v) is 2.38. The van der Waals surface area contributed by atoms with E-state index in [0.717, 1.165) is 5.56 Å². The Morgan fingerprint density at radius 2 is 1.71 bits per heavy atom. The van der Waals surface area contributed by atoms with Crippen molar-refractivity contribution in [3.05, 3.63) is 35.9 Å². The molecule has 0 heterocycles. The molecule has 1 aromatic rings. The number of hydrogen-bond donors (Lipinski definition) is 1. The lowest BCUT2D eigenvalue weighted by Crippen LogP contribution is -2.23. The average molecular weight is 188 g/mol. The molecule has 14 heavy (non-hydrogen) atoms. The van der Waals surface area contributed by atoms with E-state index in [-0.39, 0.29) is 0 Å². The Hall–Kier alpha value is -1.26. The van der Waals surface area contributed by atoms with Crippen molar-refractivity contribution < 1.29 is 5.11 Å². The number of hydrogen-bond acceptors (Lipinski definition) is 1. The summed E-state index contributed by atoms with van der Waals surface area (Å²) in [5, 5.41) is 9.92. The predicted molar refractivity (Wildman–Crippen MR) is 58.9 cm³/mol. The van der Waals surface area contributed by atoms with E-state index < -0.39 is 5.60 Å². The molecule has 0 radical (unpaired) electrons. The van der Waals surface area contributed by atoms with E-state index in [4.69, 9.17) is 0 Å². The first-order chi connectivity index (χ1) is 6.70. The van der Waals surface area contributed by atoms with Crippen molar-refractivity contribution in [2.24, 2.45) is 0 Å². The summed E-state index contributed by atoms with van der Waals surface area (Å²) in [4.78, 5) is 0. The first-order valence-corrected chi connectivity index (χ1v) is 5.01.